The fraction of sp³-hybridized carbons (Fsp3) is 0.154. The maximum Gasteiger partial charge on any atom is 0.182 e. The summed E-state index contributed by atoms with van der Waals surface area (Å²) in [7, 11) is -0.592. The molecule has 4 bridgehead atoms. The predicted molar refractivity (Wildman–Crippen MR) is 280 cm³/mol. The van der Waals surface area contributed by atoms with E-state index in [2.05, 4.69) is 237 Å². The summed E-state index contributed by atoms with van der Waals surface area (Å²) in [5.41, 5.74) is 14.1. The van der Waals surface area contributed by atoms with Crippen molar-refractivity contribution in [3.63, 3.8) is 0 Å². The van der Waals surface area contributed by atoms with Crippen LogP contribution in [-0.2, 0) is 15.7 Å². The molecule has 4 aliphatic rings. The Bertz CT molecular complexity index is 2810. The summed E-state index contributed by atoms with van der Waals surface area (Å²) in [5.74, 6) is 1.38. The molecular weight excluding hydrogens is 845 g/mol. The first-order chi connectivity index (χ1) is 33.5. The molecule has 0 heterocycles. The van der Waals surface area contributed by atoms with Crippen LogP contribution in [0.15, 0.2) is 251 Å². The second-order valence-corrected chi connectivity index (χ2v) is 21.0. The molecule has 3 heteroatoms. The van der Waals surface area contributed by atoms with Crippen molar-refractivity contribution in [2.75, 3.05) is 0 Å². The fourth-order valence-corrected chi connectivity index (χ4v) is 14.6. The van der Waals surface area contributed by atoms with E-state index in [1.54, 1.807) is 0 Å². The summed E-state index contributed by atoms with van der Waals surface area (Å²) in [5, 5.41) is 11.1. The van der Waals surface area contributed by atoms with E-state index in [9.17, 15) is 9.90 Å². The van der Waals surface area contributed by atoms with E-state index in [4.69, 9.17) is 0 Å². The van der Waals surface area contributed by atoms with Crippen molar-refractivity contribution < 1.29 is 9.90 Å². The third-order valence-corrected chi connectivity index (χ3v) is 17.0. The molecule has 0 radical (unpaired) electrons. The highest BCUT2D eigenvalue weighted by molar-refractivity contribution is 7.97. The quantitative estimate of drug-likeness (QED) is 0.128. The van der Waals surface area contributed by atoms with Crippen molar-refractivity contribution in [3.05, 3.63) is 237 Å². The lowest BCUT2D eigenvalue weighted by Crippen LogP contribution is -2.54. The summed E-state index contributed by atoms with van der Waals surface area (Å²) in [6, 6.07) is 86.4. The number of carboxylic acid groups (broad SMARTS) is 1. The van der Waals surface area contributed by atoms with Crippen LogP contribution in [0.4, 0.5) is 0 Å². The second-order valence-electron chi connectivity index (χ2n) is 19.1. The van der Waals surface area contributed by atoms with Crippen LogP contribution in [0.5, 0.6) is 0 Å². The fourth-order valence-electron chi connectivity index (χ4n) is 11.9. The smallest absolute Gasteiger partial charge is 0.182 e. The maximum absolute atomic E-state index is 11.1. The number of carbonyl (C=O) groups is 1. The van der Waals surface area contributed by atoms with Gasteiger partial charge in [-0.25, -0.2) is 0 Å². The van der Waals surface area contributed by atoms with Crippen LogP contribution >= 0.6 is 0 Å². The predicted octanol–water partition coefficient (Wildman–Crippen LogP) is 15.7. The van der Waals surface area contributed by atoms with Gasteiger partial charge in [-0.15, -0.1) is 0 Å². The number of carboxylic acids is 1. The average Bonchev–Trinajstić information content (AvgIpc) is 3.40. The Balaban J connectivity index is 0.000000333. The summed E-state index contributed by atoms with van der Waals surface area (Å²) in [6.45, 7) is 0. The molecule has 2 nitrogen and oxygen atoms in total. The highest BCUT2D eigenvalue weighted by Crippen LogP contribution is 2.60. The summed E-state index contributed by atoms with van der Waals surface area (Å²) >= 11 is 0. The maximum atomic E-state index is 11.1. The van der Waals surface area contributed by atoms with E-state index in [0.717, 1.165) is 19.3 Å². The molecule has 0 saturated heterocycles. The third-order valence-electron chi connectivity index (χ3n) is 14.6. The highest BCUT2D eigenvalue weighted by atomic mass is 32.2. The zero-order valence-electron chi connectivity index (χ0n) is 38.2. The lowest BCUT2D eigenvalue weighted by molar-refractivity contribution is -0.327. The van der Waals surface area contributed by atoms with Crippen LogP contribution in [0.2, 0.25) is 0 Å². The van der Waals surface area contributed by atoms with Gasteiger partial charge in [0.15, 0.2) is 14.7 Å². The van der Waals surface area contributed by atoms with Gasteiger partial charge in [-0.3, -0.25) is 0 Å². The molecule has 13 rings (SSSR count). The van der Waals surface area contributed by atoms with Gasteiger partial charge in [0.2, 0.25) is 0 Å². The molecule has 4 fully saturated rings. The second kappa shape index (κ2) is 19.2. The standard InChI is InChI=1S/C54H39S.C11H16O2/c1-8-22-40(23-9-1)46-36-49(42-26-12-3-13-27-42)53(50(37-46)43-28-14-4-15-29-43)55(48-34-20-7-21-35-48)54-51(44-30-16-5-17-31-44)38-47(41-24-10-2-11-25-41)39-52(54)45-32-18-6-19-33-45;12-10(13)11-4-7-1-8(5-11)3-9(2-7)6-11/h1-39H;7-9H,1-6H2,(H,12,13)/q+1;/p-1. The van der Waals surface area contributed by atoms with Gasteiger partial charge in [0.05, 0.1) is 0 Å². The molecule has 9 aromatic rings. The Morgan fingerprint density at radius 3 is 0.868 bits per heavy atom. The summed E-state index contributed by atoms with van der Waals surface area (Å²) in [6.07, 6.45) is 6.65. The summed E-state index contributed by atoms with van der Waals surface area (Å²) < 4.78 is 0. The van der Waals surface area contributed by atoms with E-state index in [1.807, 2.05) is 0 Å². The number of hydrogen-bond donors (Lipinski definition) is 0. The molecule has 9 aromatic carbocycles. The van der Waals surface area contributed by atoms with Gasteiger partial charge in [-0.05, 0) is 137 Å². The average molecular weight is 899 g/mol. The molecule has 0 aliphatic heterocycles. The van der Waals surface area contributed by atoms with Crippen LogP contribution in [0.25, 0.3) is 66.8 Å². The Morgan fingerprint density at radius 2 is 0.603 bits per heavy atom. The molecule has 0 spiro atoms. The molecule has 332 valence electrons. The van der Waals surface area contributed by atoms with E-state index in [0.29, 0.717) is 17.8 Å². The molecule has 68 heavy (non-hydrogen) atoms. The number of aliphatic carboxylic acids is 1. The number of carbonyl (C=O) groups excluding carboxylic acids is 1. The van der Waals surface area contributed by atoms with Gasteiger partial charge < -0.3 is 9.90 Å². The zero-order valence-corrected chi connectivity index (χ0v) is 39.0. The normalized spacial score (nSPS) is 19.0. The lowest BCUT2D eigenvalue weighted by Gasteiger charge is -2.57. The molecule has 0 aromatic heterocycles. The van der Waals surface area contributed by atoms with Crippen molar-refractivity contribution in [1.82, 2.24) is 0 Å². The van der Waals surface area contributed by atoms with Crippen LogP contribution in [0, 0.1) is 23.2 Å². The van der Waals surface area contributed by atoms with Crippen LogP contribution in [-0.4, -0.2) is 5.97 Å². The van der Waals surface area contributed by atoms with E-state index in [-0.39, 0.29) is 0 Å². The lowest BCUT2D eigenvalue weighted by atomic mass is 9.49. The zero-order chi connectivity index (χ0) is 45.9. The number of benzene rings is 9. The molecule has 0 atom stereocenters. The van der Waals surface area contributed by atoms with Crippen LogP contribution < -0.4 is 5.11 Å². The van der Waals surface area contributed by atoms with Gasteiger partial charge in [-0.1, -0.05) is 200 Å². The first-order valence-electron chi connectivity index (χ1n) is 24.2. The highest BCUT2D eigenvalue weighted by Gasteiger charge is 2.51. The molecule has 0 N–H and O–H groups in total. The third kappa shape index (κ3) is 8.75. The van der Waals surface area contributed by atoms with Crippen LogP contribution in [0.3, 0.4) is 0 Å². The van der Waals surface area contributed by atoms with Crippen LogP contribution in [0.1, 0.15) is 38.5 Å². The van der Waals surface area contributed by atoms with Crippen molar-refractivity contribution >= 4 is 16.9 Å². The van der Waals surface area contributed by atoms with Crippen molar-refractivity contribution in [1.29, 1.82) is 0 Å². The van der Waals surface area contributed by atoms with Crippen molar-refractivity contribution in [2.45, 2.75) is 53.2 Å². The Kier molecular flexibility index (Phi) is 12.2. The van der Waals surface area contributed by atoms with E-state index in [1.165, 1.54) is 101 Å². The largest absolute Gasteiger partial charge is 0.550 e. The minimum absolute atomic E-state index is 0.394. The first kappa shape index (κ1) is 43.4. The van der Waals surface area contributed by atoms with Gasteiger partial charge >= 0.3 is 0 Å². The minimum Gasteiger partial charge on any atom is -0.550 e. The SMILES string of the molecule is O=C([O-])C12CC3CC(CC(C3)C1)C2.c1ccc(-c2cc(-c3ccccc3)c([S+](c3ccccc3)c3c(-c4ccccc4)cc(-c4ccccc4)cc3-c3ccccc3)c(-c3ccccc3)c2)cc1. The molecular formula is C65H54O2S. The minimum atomic E-state index is -0.758. The van der Waals surface area contributed by atoms with Gasteiger partial charge in [0.1, 0.15) is 10.9 Å². The number of rotatable bonds is 10. The van der Waals surface area contributed by atoms with Crippen molar-refractivity contribution in [3.8, 4) is 66.8 Å². The monoisotopic (exact) mass is 898 g/mol. The topological polar surface area (TPSA) is 40.1 Å². The van der Waals surface area contributed by atoms with E-state index >= 15 is 0 Å². The Labute approximate surface area is 404 Å². The van der Waals surface area contributed by atoms with Gasteiger partial charge in [0.25, 0.3) is 0 Å². The molecule has 4 aliphatic carbocycles. The first-order valence-corrected chi connectivity index (χ1v) is 25.4. The van der Waals surface area contributed by atoms with Gasteiger partial charge in [0, 0.05) is 33.6 Å². The molecule has 0 unspecified atom stereocenters. The molecule has 0 amide bonds. The number of hydrogen-bond acceptors (Lipinski definition) is 2. The van der Waals surface area contributed by atoms with Gasteiger partial charge in [-0.2, -0.15) is 0 Å². The summed E-state index contributed by atoms with van der Waals surface area (Å²) in [4.78, 5) is 15.0. The Hall–Kier alpha value is -7.20. The molecule has 4 saturated carbocycles. The Morgan fingerprint density at radius 1 is 0.353 bits per heavy atom. The van der Waals surface area contributed by atoms with E-state index < -0.39 is 22.3 Å². The van der Waals surface area contributed by atoms with Crippen molar-refractivity contribution in [2.24, 2.45) is 23.2 Å².